The lowest BCUT2D eigenvalue weighted by molar-refractivity contribution is -0.137. The fourth-order valence-corrected chi connectivity index (χ4v) is 2.94. The number of para-hydroxylation sites is 1. The highest BCUT2D eigenvalue weighted by molar-refractivity contribution is 5.90. The third-order valence-corrected chi connectivity index (χ3v) is 4.34. The zero-order chi connectivity index (χ0) is 21.3. The Hall–Kier alpha value is -3.95. The topological polar surface area (TPSA) is 81.8 Å². The van der Waals surface area contributed by atoms with Crippen molar-refractivity contribution >= 4 is 22.6 Å². The van der Waals surface area contributed by atoms with E-state index in [2.05, 4.69) is 15.4 Å². The second-order valence-corrected chi connectivity index (χ2v) is 6.43. The third-order valence-electron chi connectivity index (χ3n) is 4.34. The molecule has 2 heterocycles. The molecule has 30 heavy (non-hydrogen) atoms. The molecule has 0 aliphatic heterocycles. The van der Waals surface area contributed by atoms with Crippen LogP contribution in [0.4, 0.5) is 18.9 Å². The molecule has 0 atom stereocenters. The van der Waals surface area contributed by atoms with Crippen LogP contribution in [0.25, 0.3) is 16.7 Å². The smallest absolute Gasteiger partial charge is 0.325 e. The Morgan fingerprint density at radius 3 is 2.57 bits per heavy atom. The average molecular weight is 413 g/mol. The number of aromatic nitrogens is 4. The van der Waals surface area contributed by atoms with E-state index in [1.165, 1.54) is 24.7 Å². The summed E-state index contributed by atoms with van der Waals surface area (Å²) in [6, 6.07) is 13.3. The molecule has 4 aromatic rings. The van der Waals surface area contributed by atoms with Crippen LogP contribution >= 0.6 is 0 Å². The number of benzene rings is 2. The number of nitrogens with one attached hydrogen (secondary N) is 1. The number of anilines is 1. The first-order chi connectivity index (χ1) is 14.3. The lowest BCUT2D eigenvalue weighted by Gasteiger charge is -2.09. The number of hydrogen-bond acceptors (Lipinski definition) is 4. The van der Waals surface area contributed by atoms with E-state index in [1.54, 1.807) is 30.3 Å². The summed E-state index contributed by atoms with van der Waals surface area (Å²) in [5.74, 6) is -0.422. The lowest BCUT2D eigenvalue weighted by Crippen LogP contribution is -2.27. The molecule has 4 rings (SSSR count). The molecule has 0 bridgehead atoms. The van der Waals surface area contributed by atoms with E-state index in [0.29, 0.717) is 5.69 Å². The molecule has 0 aliphatic rings. The maximum absolute atomic E-state index is 13.0. The van der Waals surface area contributed by atoms with Crippen molar-refractivity contribution in [1.82, 2.24) is 19.3 Å². The number of hydrogen-bond donors (Lipinski definition) is 1. The van der Waals surface area contributed by atoms with Gasteiger partial charge in [0.15, 0.2) is 5.65 Å². The molecule has 0 saturated carbocycles. The van der Waals surface area contributed by atoms with Gasteiger partial charge in [-0.2, -0.15) is 18.3 Å². The molecule has 2 aromatic heterocycles. The largest absolute Gasteiger partial charge is 0.416 e. The van der Waals surface area contributed by atoms with Crippen LogP contribution in [-0.4, -0.2) is 25.2 Å². The first-order valence-electron chi connectivity index (χ1n) is 8.78. The second kappa shape index (κ2) is 7.47. The summed E-state index contributed by atoms with van der Waals surface area (Å²) in [6.45, 7) is -0.272. The maximum atomic E-state index is 13.0. The Balaban J connectivity index is 1.64. The third kappa shape index (κ3) is 3.79. The Labute approximate surface area is 167 Å². The van der Waals surface area contributed by atoms with Crippen molar-refractivity contribution in [2.24, 2.45) is 0 Å². The van der Waals surface area contributed by atoms with Crippen LogP contribution in [0, 0.1) is 0 Å². The normalized spacial score (nSPS) is 11.6. The van der Waals surface area contributed by atoms with Crippen LogP contribution in [0.2, 0.25) is 0 Å². The predicted molar refractivity (Wildman–Crippen MR) is 103 cm³/mol. The molecule has 0 radical (unpaired) electrons. The van der Waals surface area contributed by atoms with Crippen LogP contribution in [-0.2, 0) is 17.5 Å². The van der Waals surface area contributed by atoms with E-state index in [0.717, 1.165) is 21.4 Å². The zero-order valence-electron chi connectivity index (χ0n) is 15.3. The van der Waals surface area contributed by atoms with Crippen molar-refractivity contribution in [1.29, 1.82) is 0 Å². The molecule has 0 saturated heterocycles. The monoisotopic (exact) mass is 413 g/mol. The molecule has 152 valence electrons. The summed E-state index contributed by atoms with van der Waals surface area (Å²) >= 11 is 0. The molecule has 10 heteroatoms. The van der Waals surface area contributed by atoms with E-state index >= 15 is 0 Å². The number of nitrogens with zero attached hydrogens (tertiary/aromatic N) is 4. The van der Waals surface area contributed by atoms with Gasteiger partial charge in [0.05, 0.1) is 17.4 Å². The number of carbonyl (C=O) groups is 1. The van der Waals surface area contributed by atoms with Gasteiger partial charge in [-0.3, -0.25) is 14.2 Å². The molecule has 0 fully saturated rings. The van der Waals surface area contributed by atoms with E-state index in [4.69, 9.17) is 0 Å². The maximum Gasteiger partial charge on any atom is 0.416 e. The van der Waals surface area contributed by atoms with Crippen molar-refractivity contribution in [2.75, 3.05) is 5.32 Å². The van der Waals surface area contributed by atoms with Gasteiger partial charge in [-0.15, -0.1) is 0 Å². The van der Waals surface area contributed by atoms with Crippen molar-refractivity contribution in [3.63, 3.8) is 0 Å². The average Bonchev–Trinajstić information content (AvgIpc) is 3.15. The second-order valence-electron chi connectivity index (χ2n) is 6.43. The van der Waals surface area contributed by atoms with Gasteiger partial charge in [-0.1, -0.05) is 24.3 Å². The lowest BCUT2D eigenvalue weighted by atomic mass is 10.2. The zero-order valence-corrected chi connectivity index (χ0v) is 15.3. The van der Waals surface area contributed by atoms with Crippen LogP contribution in [0.15, 0.2) is 71.9 Å². The minimum absolute atomic E-state index is 0.0856. The highest BCUT2D eigenvalue weighted by Gasteiger charge is 2.30. The first-order valence-corrected chi connectivity index (χ1v) is 8.78. The van der Waals surface area contributed by atoms with Gasteiger partial charge in [0.2, 0.25) is 5.91 Å². The summed E-state index contributed by atoms with van der Waals surface area (Å²) in [7, 11) is 0. The molecule has 0 spiro atoms. The van der Waals surface area contributed by atoms with Gasteiger partial charge >= 0.3 is 6.18 Å². The van der Waals surface area contributed by atoms with Crippen LogP contribution in [0.3, 0.4) is 0 Å². The molecule has 0 aliphatic carbocycles. The number of carbonyl (C=O) groups excluding carboxylic acids is 1. The van der Waals surface area contributed by atoms with Gasteiger partial charge in [-0.25, -0.2) is 9.67 Å². The fourth-order valence-electron chi connectivity index (χ4n) is 2.94. The number of fused-ring (bicyclic) bond motifs is 1. The van der Waals surface area contributed by atoms with E-state index in [-0.39, 0.29) is 23.3 Å². The Kier molecular flexibility index (Phi) is 4.82. The highest BCUT2D eigenvalue weighted by Crippen LogP contribution is 2.30. The molecular weight excluding hydrogens is 399 g/mol. The number of rotatable bonds is 4. The minimum atomic E-state index is -4.51. The van der Waals surface area contributed by atoms with Gasteiger partial charge in [-0.05, 0) is 30.3 Å². The summed E-state index contributed by atoms with van der Waals surface area (Å²) in [6.07, 6.45) is -2.12. The van der Waals surface area contributed by atoms with Crippen LogP contribution in [0.1, 0.15) is 5.56 Å². The molecule has 1 amide bonds. The molecule has 2 aromatic carbocycles. The van der Waals surface area contributed by atoms with Crippen molar-refractivity contribution in [3.05, 3.63) is 83.0 Å². The summed E-state index contributed by atoms with van der Waals surface area (Å²) < 4.78 is 41.2. The highest BCUT2D eigenvalue weighted by atomic mass is 19.4. The molecule has 7 nitrogen and oxygen atoms in total. The molecule has 0 unspecified atom stereocenters. The quantitative estimate of drug-likeness (QED) is 0.557. The van der Waals surface area contributed by atoms with Gasteiger partial charge < -0.3 is 5.32 Å². The van der Waals surface area contributed by atoms with Crippen LogP contribution < -0.4 is 10.9 Å². The standard InChI is InChI=1S/C20H14F3N5O2/c21-20(22,23)13-5-4-8-15(9-13)28-18-16(10-25-28)19(30)27(12-24-18)11-17(29)26-14-6-2-1-3-7-14/h1-10,12H,11H2,(H,26,29). The Morgan fingerprint density at radius 1 is 1.07 bits per heavy atom. The Morgan fingerprint density at radius 2 is 1.83 bits per heavy atom. The Bertz CT molecular complexity index is 1280. The minimum Gasteiger partial charge on any atom is -0.325 e. The number of alkyl halides is 3. The summed E-state index contributed by atoms with van der Waals surface area (Å²) in [5, 5.41) is 6.76. The summed E-state index contributed by atoms with van der Waals surface area (Å²) in [5.41, 5.74) is -0.566. The van der Waals surface area contributed by atoms with E-state index in [9.17, 15) is 22.8 Å². The number of halogens is 3. The van der Waals surface area contributed by atoms with Gasteiger partial charge in [0.25, 0.3) is 5.56 Å². The van der Waals surface area contributed by atoms with Gasteiger partial charge in [0, 0.05) is 5.69 Å². The van der Waals surface area contributed by atoms with Crippen LogP contribution in [0.5, 0.6) is 0 Å². The van der Waals surface area contributed by atoms with Gasteiger partial charge in [0.1, 0.15) is 18.3 Å². The SMILES string of the molecule is O=C(Cn1cnc2c(cnn2-c2cccc(C(F)(F)F)c2)c1=O)Nc1ccccc1. The first kappa shape index (κ1) is 19.4. The molecule has 1 N–H and O–H groups in total. The van der Waals surface area contributed by atoms with E-state index < -0.39 is 23.2 Å². The molecular formula is C20H14F3N5O2. The predicted octanol–water partition coefficient (Wildman–Crippen LogP) is 3.24. The summed E-state index contributed by atoms with van der Waals surface area (Å²) in [4.78, 5) is 29.0. The van der Waals surface area contributed by atoms with Crippen molar-refractivity contribution < 1.29 is 18.0 Å². The number of amides is 1. The fraction of sp³-hybridized carbons (Fsp3) is 0.100. The van der Waals surface area contributed by atoms with E-state index in [1.807, 2.05) is 0 Å². The van der Waals surface area contributed by atoms with Crippen molar-refractivity contribution in [3.8, 4) is 5.69 Å². The van der Waals surface area contributed by atoms with Crippen molar-refractivity contribution in [2.45, 2.75) is 12.7 Å².